The van der Waals surface area contributed by atoms with Crippen LogP contribution in [0.15, 0.2) is 48.6 Å². The Balaban J connectivity index is 1.99. The van der Waals surface area contributed by atoms with Crippen LogP contribution in [-0.2, 0) is 17.6 Å². The highest BCUT2D eigenvalue weighted by molar-refractivity contribution is 6.35. The van der Waals surface area contributed by atoms with Crippen molar-refractivity contribution in [1.82, 2.24) is 0 Å². The molecular weight excluding hydrogens is 347 g/mol. The summed E-state index contributed by atoms with van der Waals surface area (Å²) in [5.41, 5.74) is 1.74. The summed E-state index contributed by atoms with van der Waals surface area (Å²) in [7, 11) is 3.21. The molecule has 0 amide bonds. The maximum Gasteiger partial charge on any atom is 0.159 e. The van der Waals surface area contributed by atoms with E-state index in [9.17, 15) is 4.79 Å². The Labute approximate surface area is 151 Å². The first-order valence-electron chi connectivity index (χ1n) is 7.37. The minimum atomic E-state index is -0.0216. The predicted molar refractivity (Wildman–Crippen MR) is 97.6 cm³/mol. The van der Waals surface area contributed by atoms with Crippen molar-refractivity contribution in [3.05, 3.63) is 69.7 Å². The van der Waals surface area contributed by atoms with Gasteiger partial charge in [0.2, 0.25) is 0 Å². The van der Waals surface area contributed by atoms with E-state index in [1.54, 1.807) is 38.5 Å². The molecule has 0 saturated heterocycles. The summed E-state index contributed by atoms with van der Waals surface area (Å²) in [6.07, 6.45) is 4.21. The lowest BCUT2D eigenvalue weighted by Crippen LogP contribution is -1.99. The Bertz CT molecular complexity index is 754. The fourth-order valence-corrected chi connectivity index (χ4v) is 2.72. The van der Waals surface area contributed by atoms with Gasteiger partial charge in [0, 0.05) is 22.5 Å². The highest BCUT2D eigenvalue weighted by atomic mass is 35.5. The number of rotatable bonds is 7. The third-order valence-electron chi connectivity index (χ3n) is 3.52. The molecule has 0 fully saturated rings. The standard InChI is InChI=1S/C19H18Cl2O3/c1-23-17-9-7-13(19(12-17)24-2)4-3-5-16(22)10-14-6-8-15(20)11-18(14)21/h3,5-9,11-12H,4,10H2,1-2H3/b5-3+. The molecule has 0 unspecified atom stereocenters. The van der Waals surface area contributed by atoms with Gasteiger partial charge >= 0.3 is 0 Å². The second kappa shape index (κ2) is 8.76. The van der Waals surface area contributed by atoms with Crippen molar-refractivity contribution in [1.29, 1.82) is 0 Å². The molecule has 2 aromatic rings. The lowest BCUT2D eigenvalue weighted by atomic mass is 10.1. The number of ketones is 1. The van der Waals surface area contributed by atoms with Gasteiger partial charge in [0.25, 0.3) is 0 Å². The van der Waals surface area contributed by atoms with Gasteiger partial charge in [-0.1, -0.05) is 41.4 Å². The van der Waals surface area contributed by atoms with Gasteiger partial charge in [0.1, 0.15) is 11.5 Å². The van der Waals surface area contributed by atoms with Gasteiger partial charge in [-0.3, -0.25) is 4.79 Å². The lowest BCUT2D eigenvalue weighted by molar-refractivity contribution is -0.114. The third-order valence-corrected chi connectivity index (χ3v) is 4.10. The number of carbonyl (C=O) groups is 1. The molecule has 2 aromatic carbocycles. The van der Waals surface area contributed by atoms with Gasteiger partial charge < -0.3 is 9.47 Å². The molecule has 126 valence electrons. The number of halogens is 2. The van der Waals surface area contributed by atoms with Crippen molar-refractivity contribution in [2.45, 2.75) is 12.8 Å². The number of methoxy groups -OCH3 is 2. The molecule has 5 heteroatoms. The highest BCUT2D eigenvalue weighted by Crippen LogP contribution is 2.25. The van der Waals surface area contributed by atoms with Gasteiger partial charge in [0.15, 0.2) is 5.78 Å². The van der Waals surface area contributed by atoms with Crippen LogP contribution >= 0.6 is 23.2 Å². The minimum absolute atomic E-state index is 0.0216. The zero-order valence-electron chi connectivity index (χ0n) is 13.5. The smallest absolute Gasteiger partial charge is 0.159 e. The second-order valence-electron chi connectivity index (χ2n) is 5.16. The van der Waals surface area contributed by atoms with Crippen molar-refractivity contribution in [2.75, 3.05) is 14.2 Å². The second-order valence-corrected chi connectivity index (χ2v) is 6.01. The van der Waals surface area contributed by atoms with Crippen LogP contribution in [0.1, 0.15) is 11.1 Å². The van der Waals surface area contributed by atoms with E-state index in [0.717, 1.165) is 22.6 Å². The normalized spacial score (nSPS) is 10.8. The van der Waals surface area contributed by atoms with Crippen LogP contribution in [0.2, 0.25) is 10.0 Å². The third kappa shape index (κ3) is 5.02. The molecule has 0 atom stereocenters. The highest BCUT2D eigenvalue weighted by Gasteiger charge is 2.06. The fourth-order valence-electron chi connectivity index (χ4n) is 2.25. The Morgan fingerprint density at radius 2 is 1.79 bits per heavy atom. The molecule has 0 saturated carbocycles. The fraction of sp³-hybridized carbons (Fsp3) is 0.211. The van der Waals surface area contributed by atoms with E-state index in [1.165, 1.54) is 0 Å². The maximum absolute atomic E-state index is 12.1. The summed E-state index contributed by atoms with van der Waals surface area (Å²) in [5.74, 6) is 1.44. The van der Waals surface area contributed by atoms with E-state index < -0.39 is 0 Å². The van der Waals surface area contributed by atoms with Crippen LogP contribution in [0.25, 0.3) is 0 Å². The molecule has 0 aliphatic heterocycles. The number of carbonyl (C=O) groups excluding carboxylic acids is 1. The van der Waals surface area contributed by atoms with E-state index >= 15 is 0 Å². The van der Waals surface area contributed by atoms with Crippen LogP contribution in [-0.4, -0.2) is 20.0 Å². The van der Waals surface area contributed by atoms with Gasteiger partial charge in [-0.15, -0.1) is 0 Å². The number of hydrogen-bond acceptors (Lipinski definition) is 3. The van der Waals surface area contributed by atoms with Crippen molar-refractivity contribution in [2.24, 2.45) is 0 Å². The average molecular weight is 365 g/mol. The van der Waals surface area contributed by atoms with Crippen molar-refractivity contribution < 1.29 is 14.3 Å². The number of ether oxygens (including phenoxy) is 2. The molecule has 0 aromatic heterocycles. The van der Waals surface area contributed by atoms with Crippen LogP contribution in [0.4, 0.5) is 0 Å². The van der Waals surface area contributed by atoms with E-state index in [0.29, 0.717) is 16.5 Å². The Hall–Kier alpha value is -1.97. The molecule has 0 spiro atoms. The molecule has 0 radical (unpaired) electrons. The van der Waals surface area contributed by atoms with Crippen molar-refractivity contribution >= 4 is 29.0 Å². The summed E-state index contributed by atoms with van der Waals surface area (Å²) in [6, 6.07) is 10.7. The Morgan fingerprint density at radius 1 is 1.04 bits per heavy atom. The number of allylic oxidation sites excluding steroid dienone is 2. The number of hydrogen-bond donors (Lipinski definition) is 0. The maximum atomic E-state index is 12.1. The molecule has 0 aliphatic carbocycles. The SMILES string of the molecule is COc1ccc(C/C=C/C(=O)Cc2ccc(Cl)cc2Cl)c(OC)c1. The minimum Gasteiger partial charge on any atom is -0.497 e. The summed E-state index contributed by atoms with van der Waals surface area (Å²) in [4.78, 5) is 12.1. The monoisotopic (exact) mass is 364 g/mol. The summed E-state index contributed by atoms with van der Waals surface area (Å²) in [6.45, 7) is 0. The van der Waals surface area contributed by atoms with E-state index in [2.05, 4.69) is 0 Å². The lowest BCUT2D eigenvalue weighted by Gasteiger charge is -2.08. The molecule has 0 N–H and O–H groups in total. The molecule has 0 heterocycles. The number of benzene rings is 2. The molecule has 2 rings (SSSR count). The molecular formula is C19H18Cl2O3. The van der Waals surface area contributed by atoms with E-state index in [-0.39, 0.29) is 12.2 Å². The van der Waals surface area contributed by atoms with E-state index in [4.69, 9.17) is 32.7 Å². The topological polar surface area (TPSA) is 35.5 Å². The largest absolute Gasteiger partial charge is 0.497 e. The van der Waals surface area contributed by atoms with Crippen LogP contribution in [0.3, 0.4) is 0 Å². The molecule has 0 bridgehead atoms. The van der Waals surface area contributed by atoms with Gasteiger partial charge in [0.05, 0.1) is 14.2 Å². The molecule has 0 aliphatic rings. The zero-order valence-corrected chi connectivity index (χ0v) is 15.0. The average Bonchev–Trinajstić information content (AvgIpc) is 2.57. The first-order valence-corrected chi connectivity index (χ1v) is 8.13. The van der Waals surface area contributed by atoms with Gasteiger partial charge in [-0.2, -0.15) is 0 Å². The Morgan fingerprint density at radius 3 is 2.46 bits per heavy atom. The predicted octanol–water partition coefficient (Wildman–Crippen LogP) is 4.92. The quantitative estimate of drug-likeness (QED) is 0.654. The van der Waals surface area contributed by atoms with E-state index in [1.807, 2.05) is 24.3 Å². The first kappa shape index (κ1) is 18.4. The van der Waals surface area contributed by atoms with Crippen LogP contribution in [0.5, 0.6) is 11.5 Å². The Kier molecular flexibility index (Phi) is 6.71. The molecule has 24 heavy (non-hydrogen) atoms. The van der Waals surface area contributed by atoms with Crippen molar-refractivity contribution in [3.63, 3.8) is 0 Å². The summed E-state index contributed by atoms with van der Waals surface area (Å²) < 4.78 is 10.5. The summed E-state index contributed by atoms with van der Waals surface area (Å²) >= 11 is 11.9. The van der Waals surface area contributed by atoms with Crippen LogP contribution < -0.4 is 9.47 Å². The summed E-state index contributed by atoms with van der Waals surface area (Å²) in [5, 5.41) is 1.06. The van der Waals surface area contributed by atoms with Crippen LogP contribution in [0, 0.1) is 0 Å². The molecule has 3 nitrogen and oxygen atoms in total. The zero-order chi connectivity index (χ0) is 17.5. The van der Waals surface area contributed by atoms with Gasteiger partial charge in [-0.05, 0) is 41.8 Å². The first-order chi connectivity index (χ1) is 11.5. The van der Waals surface area contributed by atoms with Crippen molar-refractivity contribution in [3.8, 4) is 11.5 Å². The van der Waals surface area contributed by atoms with Gasteiger partial charge in [-0.25, -0.2) is 0 Å².